The molecule has 5 heteroatoms. The van der Waals surface area contributed by atoms with Gasteiger partial charge in [0.15, 0.2) is 5.82 Å². The minimum Gasteiger partial charge on any atom is -0.309 e. The standard InChI is InChI=1S/C20H26FN3O/c1-4-5-17-20(24-18(25)10-12(2)3)23-16-9-6-13-11-14(21)7-8-15(13)19(16)22-17/h7-8,11-13,15H,4-6,9-10H2,1-3H3,(H,23,24,25). The molecule has 25 heavy (non-hydrogen) atoms. The van der Waals surface area contributed by atoms with Gasteiger partial charge in [-0.2, -0.15) is 0 Å². The fourth-order valence-corrected chi connectivity index (χ4v) is 3.60. The van der Waals surface area contributed by atoms with Crippen molar-refractivity contribution in [3.63, 3.8) is 0 Å². The van der Waals surface area contributed by atoms with E-state index in [1.807, 2.05) is 19.9 Å². The third kappa shape index (κ3) is 3.97. The Bertz CT molecular complexity index is 724. The lowest BCUT2D eigenvalue weighted by Crippen LogP contribution is -2.25. The molecule has 0 bridgehead atoms. The Labute approximate surface area is 148 Å². The number of aromatic nitrogens is 2. The third-order valence-corrected chi connectivity index (χ3v) is 4.74. The predicted octanol–water partition coefficient (Wildman–Crippen LogP) is 4.48. The van der Waals surface area contributed by atoms with Crippen LogP contribution < -0.4 is 5.32 Å². The number of rotatable bonds is 5. The summed E-state index contributed by atoms with van der Waals surface area (Å²) < 4.78 is 13.5. The maximum absolute atomic E-state index is 13.5. The van der Waals surface area contributed by atoms with Crippen LogP contribution in [-0.2, 0) is 17.6 Å². The number of hydrogen-bond acceptors (Lipinski definition) is 3. The van der Waals surface area contributed by atoms with Gasteiger partial charge in [-0.15, -0.1) is 0 Å². The number of allylic oxidation sites excluding steroid dienone is 4. The molecule has 1 aromatic rings. The van der Waals surface area contributed by atoms with E-state index < -0.39 is 0 Å². The molecule has 0 aromatic carbocycles. The van der Waals surface area contributed by atoms with Crippen molar-refractivity contribution in [3.05, 3.63) is 41.1 Å². The number of anilines is 1. The summed E-state index contributed by atoms with van der Waals surface area (Å²) in [5.41, 5.74) is 2.71. The fourth-order valence-electron chi connectivity index (χ4n) is 3.60. The summed E-state index contributed by atoms with van der Waals surface area (Å²) in [6.07, 6.45) is 8.92. The number of amides is 1. The topological polar surface area (TPSA) is 54.9 Å². The van der Waals surface area contributed by atoms with Crippen LogP contribution in [0.15, 0.2) is 24.1 Å². The Morgan fingerprint density at radius 1 is 1.40 bits per heavy atom. The zero-order chi connectivity index (χ0) is 18.0. The van der Waals surface area contributed by atoms with Crippen molar-refractivity contribution in [1.29, 1.82) is 0 Å². The molecule has 4 nitrogen and oxygen atoms in total. The first-order valence-electron chi connectivity index (χ1n) is 9.23. The average molecular weight is 343 g/mol. The molecule has 0 saturated heterocycles. The van der Waals surface area contributed by atoms with Gasteiger partial charge in [0.25, 0.3) is 0 Å². The van der Waals surface area contributed by atoms with Crippen LogP contribution in [0.25, 0.3) is 0 Å². The Morgan fingerprint density at radius 2 is 2.20 bits per heavy atom. The molecule has 2 aliphatic rings. The molecule has 1 amide bonds. The van der Waals surface area contributed by atoms with E-state index in [1.54, 1.807) is 6.08 Å². The lowest BCUT2D eigenvalue weighted by atomic mass is 9.77. The SMILES string of the molecule is CCCc1nc2c(nc1NC(=O)CC(C)C)CCC1C=C(F)C=CC21. The molecule has 3 rings (SSSR count). The van der Waals surface area contributed by atoms with E-state index in [0.717, 1.165) is 42.8 Å². The van der Waals surface area contributed by atoms with Gasteiger partial charge in [0.1, 0.15) is 5.83 Å². The molecule has 1 N–H and O–H groups in total. The third-order valence-electron chi connectivity index (χ3n) is 4.74. The molecule has 134 valence electrons. The number of carbonyl (C=O) groups is 1. The number of hydrogen-bond donors (Lipinski definition) is 1. The summed E-state index contributed by atoms with van der Waals surface area (Å²) >= 11 is 0. The van der Waals surface area contributed by atoms with E-state index in [9.17, 15) is 9.18 Å². The Morgan fingerprint density at radius 3 is 2.92 bits per heavy atom. The molecule has 0 fully saturated rings. The van der Waals surface area contributed by atoms with Crippen LogP contribution in [0.2, 0.25) is 0 Å². The van der Waals surface area contributed by atoms with Gasteiger partial charge >= 0.3 is 0 Å². The van der Waals surface area contributed by atoms with Gasteiger partial charge in [-0.05, 0) is 43.3 Å². The second-order valence-electron chi connectivity index (χ2n) is 7.39. The molecular weight excluding hydrogens is 317 g/mol. The number of carbonyl (C=O) groups excluding carboxylic acids is 1. The maximum atomic E-state index is 13.5. The van der Waals surface area contributed by atoms with Gasteiger partial charge < -0.3 is 5.32 Å². The highest BCUT2D eigenvalue weighted by Gasteiger charge is 2.32. The predicted molar refractivity (Wildman–Crippen MR) is 97.0 cm³/mol. The normalized spacial score (nSPS) is 21.6. The smallest absolute Gasteiger partial charge is 0.225 e. The van der Waals surface area contributed by atoms with Gasteiger partial charge in [-0.1, -0.05) is 33.3 Å². The van der Waals surface area contributed by atoms with Crippen molar-refractivity contribution in [2.45, 2.75) is 58.8 Å². The van der Waals surface area contributed by atoms with E-state index in [-0.39, 0.29) is 23.6 Å². The molecule has 0 saturated carbocycles. The molecule has 2 aliphatic carbocycles. The van der Waals surface area contributed by atoms with Crippen LogP contribution in [0.5, 0.6) is 0 Å². The fraction of sp³-hybridized carbons (Fsp3) is 0.550. The van der Waals surface area contributed by atoms with Crippen molar-refractivity contribution < 1.29 is 9.18 Å². The largest absolute Gasteiger partial charge is 0.309 e. The zero-order valence-electron chi connectivity index (χ0n) is 15.2. The number of halogens is 1. The summed E-state index contributed by atoms with van der Waals surface area (Å²) in [5.74, 6) is 0.970. The van der Waals surface area contributed by atoms with Gasteiger partial charge in [0.2, 0.25) is 5.91 Å². The van der Waals surface area contributed by atoms with E-state index in [4.69, 9.17) is 9.97 Å². The van der Waals surface area contributed by atoms with Crippen molar-refractivity contribution in [1.82, 2.24) is 9.97 Å². The van der Waals surface area contributed by atoms with Crippen LogP contribution in [-0.4, -0.2) is 15.9 Å². The first-order valence-corrected chi connectivity index (χ1v) is 9.23. The van der Waals surface area contributed by atoms with E-state index >= 15 is 0 Å². The van der Waals surface area contributed by atoms with Crippen molar-refractivity contribution in [2.75, 3.05) is 5.32 Å². The van der Waals surface area contributed by atoms with Crippen LogP contribution in [0.1, 0.15) is 63.0 Å². The van der Waals surface area contributed by atoms with Crippen molar-refractivity contribution in [2.24, 2.45) is 11.8 Å². The molecule has 0 aliphatic heterocycles. The Balaban J connectivity index is 1.92. The van der Waals surface area contributed by atoms with Gasteiger partial charge in [0.05, 0.1) is 17.1 Å². The second kappa shape index (κ2) is 7.46. The minimum absolute atomic E-state index is 0.0159. The van der Waals surface area contributed by atoms with E-state index in [0.29, 0.717) is 18.2 Å². The quantitative estimate of drug-likeness (QED) is 0.857. The first-order chi connectivity index (χ1) is 12.0. The number of fused-ring (bicyclic) bond motifs is 3. The van der Waals surface area contributed by atoms with Gasteiger partial charge in [0, 0.05) is 12.3 Å². The Kier molecular flexibility index (Phi) is 5.30. The number of aryl methyl sites for hydroxylation is 2. The lowest BCUT2D eigenvalue weighted by Gasteiger charge is -2.31. The molecule has 0 radical (unpaired) electrons. The average Bonchev–Trinajstić information content (AvgIpc) is 2.54. The minimum atomic E-state index is -0.163. The maximum Gasteiger partial charge on any atom is 0.225 e. The van der Waals surface area contributed by atoms with Gasteiger partial charge in [-0.25, -0.2) is 9.37 Å². The zero-order valence-corrected chi connectivity index (χ0v) is 15.2. The van der Waals surface area contributed by atoms with Crippen LogP contribution in [0.4, 0.5) is 10.2 Å². The van der Waals surface area contributed by atoms with Gasteiger partial charge in [-0.3, -0.25) is 9.78 Å². The highest BCUT2D eigenvalue weighted by Crippen LogP contribution is 2.40. The number of nitrogens with zero attached hydrogens (tertiary/aromatic N) is 2. The summed E-state index contributed by atoms with van der Waals surface area (Å²) in [5, 5.41) is 2.95. The molecule has 2 atom stereocenters. The highest BCUT2D eigenvalue weighted by atomic mass is 19.1. The summed E-state index contributed by atoms with van der Waals surface area (Å²) in [6.45, 7) is 6.13. The van der Waals surface area contributed by atoms with E-state index in [1.165, 1.54) is 6.08 Å². The van der Waals surface area contributed by atoms with Crippen molar-refractivity contribution >= 4 is 11.7 Å². The first kappa shape index (κ1) is 17.8. The summed E-state index contributed by atoms with van der Waals surface area (Å²) in [4.78, 5) is 21.8. The van der Waals surface area contributed by atoms with Crippen molar-refractivity contribution in [3.8, 4) is 0 Å². The molecule has 2 unspecified atom stereocenters. The van der Waals surface area contributed by atoms with E-state index in [2.05, 4.69) is 12.2 Å². The van der Waals surface area contributed by atoms with Crippen LogP contribution >= 0.6 is 0 Å². The lowest BCUT2D eigenvalue weighted by molar-refractivity contribution is -0.116. The number of nitrogens with one attached hydrogen (secondary N) is 1. The highest BCUT2D eigenvalue weighted by molar-refractivity contribution is 5.90. The summed E-state index contributed by atoms with van der Waals surface area (Å²) in [7, 11) is 0. The van der Waals surface area contributed by atoms with Crippen LogP contribution in [0, 0.1) is 11.8 Å². The second-order valence-corrected chi connectivity index (χ2v) is 7.39. The molecule has 1 aromatic heterocycles. The summed E-state index contributed by atoms with van der Waals surface area (Å²) in [6, 6.07) is 0. The molecule has 1 heterocycles. The monoisotopic (exact) mass is 343 g/mol. The van der Waals surface area contributed by atoms with Crippen LogP contribution in [0.3, 0.4) is 0 Å². The molecular formula is C20H26FN3O. The Hall–Kier alpha value is -2.04. The molecule has 0 spiro atoms.